The summed E-state index contributed by atoms with van der Waals surface area (Å²) in [5.41, 5.74) is 1.55. The first-order chi connectivity index (χ1) is 15.0. The van der Waals surface area contributed by atoms with Crippen LogP contribution in [0.15, 0.2) is 48.7 Å². The van der Waals surface area contributed by atoms with Crippen LogP contribution in [0.3, 0.4) is 0 Å². The molecule has 0 radical (unpaired) electrons. The monoisotopic (exact) mass is 426 g/mol. The second kappa shape index (κ2) is 8.47. The Hall–Kier alpha value is -3.88. The molecule has 2 amide bonds. The number of hydrogen-bond acceptors (Lipinski definition) is 7. The number of methoxy groups -OCH3 is 2. The Morgan fingerprint density at radius 2 is 1.94 bits per heavy atom. The average molecular weight is 426 g/mol. The normalized spacial score (nSPS) is 19.3. The Morgan fingerprint density at radius 1 is 1.13 bits per heavy atom. The largest absolute Gasteiger partial charge is 0.497 e. The van der Waals surface area contributed by atoms with Gasteiger partial charge in [-0.15, -0.1) is 0 Å². The molecular weight excluding hydrogens is 404 g/mol. The lowest BCUT2D eigenvalue weighted by atomic mass is 9.88. The minimum atomic E-state index is -0.882. The van der Waals surface area contributed by atoms with Gasteiger partial charge in [0.2, 0.25) is 6.79 Å². The van der Waals surface area contributed by atoms with Crippen LogP contribution in [0.4, 0.5) is 4.79 Å². The first-order valence-corrected chi connectivity index (χ1v) is 9.53. The van der Waals surface area contributed by atoms with E-state index in [1.807, 2.05) is 0 Å². The zero-order chi connectivity index (χ0) is 22.0. The number of amides is 2. The van der Waals surface area contributed by atoms with Gasteiger partial charge in [0.25, 0.3) is 0 Å². The topological polar surface area (TPSA) is 104 Å². The molecular formula is C22H22N2O7. The summed E-state index contributed by atoms with van der Waals surface area (Å²) in [7, 11) is 3.04. The van der Waals surface area contributed by atoms with Crippen LogP contribution >= 0.6 is 0 Å². The summed E-state index contributed by atoms with van der Waals surface area (Å²) in [6.45, 7) is 4.05. The lowest BCUT2D eigenvalue weighted by Gasteiger charge is -2.34. The number of benzene rings is 2. The summed E-state index contributed by atoms with van der Waals surface area (Å²) in [6.07, 6.45) is 0. The number of urea groups is 1. The quantitative estimate of drug-likeness (QED) is 0.685. The number of rotatable bonds is 6. The maximum Gasteiger partial charge on any atom is 0.319 e. The second-order valence-electron chi connectivity index (χ2n) is 6.98. The highest BCUT2D eigenvalue weighted by molar-refractivity contribution is 5.85. The summed E-state index contributed by atoms with van der Waals surface area (Å²) in [5, 5.41) is 5.32. The van der Waals surface area contributed by atoms with E-state index in [4.69, 9.17) is 23.7 Å². The Labute approximate surface area is 178 Å². The summed E-state index contributed by atoms with van der Waals surface area (Å²) < 4.78 is 26.9. The van der Waals surface area contributed by atoms with Crippen molar-refractivity contribution in [2.24, 2.45) is 5.92 Å². The van der Waals surface area contributed by atoms with E-state index < -0.39 is 24.0 Å². The summed E-state index contributed by atoms with van der Waals surface area (Å²) >= 11 is 0. The van der Waals surface area contributed by atoms with E-state index in [2.05, 4.69) is 17.2 Å². The molecule has 2 aliphatic rings. The van der Waals surface area contributed by atoms with Crippen LogP contribution < -0.4 is 29.6 Å². The maximum absolute atomic E-state index is 13.1. The summed E-state index contributed by atoms with van der Waals surface area (Å²) in [4.78, 5) is 25.2. The number of esters is 1. The van der Waals surface area contributed by atoms with Crippen molar-refractivity contribution in [2.75, 3.05) is 21.0 Å². The third-order valence-electron chi connectivity index (χ3n) is 5.11. The van der Waals surface area contributed by atoms with E-state index in [9.17, 15) is 9.59 Å². The molecule has 2 heterocycles. The Kier molecular flexibility index (Phi) is 5.57. The van der Waals surface area contributed by atoms with Crippen LogP contribution in [0.2, 0.25) is 0 Å². The summed E-state index contributed by atoms with van der Waals surface area (Å²) in [5.74, 6) is 0.866. The van der Waals surface area contributed by atoms with Gasteiger partial charge in [-0.25, -0.2) is 4.79 Å². The number of carbonyl (C=O) groups excluding carboxylic acids is 2. The van der Waals surface area contributed by atoms with Crippen LogP contribution in [0.25, 0.3) is 0 Å². The molecule has 2 aliphatic heterocycles. The van der Waals surface area contributed by atoms with Crippen molar-refractivity contribution in [3.05, 3.63) is 59.8 Å². The van der Waals surface area contributed by atoms with Gasteiger partial charge in [-0.3, -0.25) is 4.79 Å². The van der Waals surface area contributed by atoms with Gasteiger partial charge >= 0.3 is 12.0 Å². The molecule has 1 fully saturated rings. The van der Waals surface area contributed by atoms with E-state index >= 15 is 0 Å². The SMILES string of the molecule is C=C1NC(=O)NC(c2cc(OC)ccc2OC)C1C(=O)OCc1ccc2c(c1)OCO2. The predicted octanol–water partition coefficient (Wildman–Crippen LogP) is 2.66. The van der Waals surface area contributed by atoms with Gasteiger partial charge in [-0.05, 0) is 35.9 Å². The van der Waals surface area contributed by atoms with E-state index in [0.29, 0.717) is 28.6 Å². The van der Waals surface area contributed by atoms with Crippen molar-refractivity contribution >= 4 is 12.0 Å². The van der Waals surface area contributed by atoms with E-state index in [1.54, 1.807) is 36.4 Å². The minimum Gasteiger partial charge on any atom is -0.497 e. The van der Waals surface area contributed by atoms with Crippen LogP contribution in [0.1, 0.15) is 17.2 Å². The smallest absolute Gasteiger partial charge is 0.319 e. The number of hydrogen-bond donors (Lipinski definition) is 2. The lowest BCUT2D eigenvalue weighted by Crippen LogP contribution is -2.51. The zero-order valence-electron chi connectivity index (χ0n) is 17.1. The second-order valence-corrected chi connectivity index (χ2v) is 6.98. The fraction of sp³-hybridized carbons (Fsp3) is 0.273. The molecule has 2 aromatic carbocycles. The first kappa shape index (κ1) is 20.4. The Bertz CT molecular complexity index is 1040. The number of carbonyl (C=O) groups is 2. The van der Waals surface area contributed by atoms with Gasteiger partial charge in [-0.1, -0.05) is 12.6 Å². The average Bonchev–Trinajstić information content (AvgIpc) is 3.24. The lowest BCUT2D eigenvalue weighted by molar-refractivity contribution is -0.149. The molecule has 2 aromatic rings. The van der Waals surface area contributed by atoms with Crippen LogP contribution in [0.5, 0.6) is 23.0 Å². The molecule has 1 saturated heterocycles. The fourth-order valence-corrected chi connectivity index (χ4v) is 3.58. The van der Waals surface area contributed by atoms with Crippen molar-refractivity contribution in [3.63, 3.8) is 0 Å². The van der Waals surface area contributed by atoms with Crippen LogP contribution in [-0.4, -0.2) is 33.0 Å². The van der Waals surface area contributed by atoms with Gasteiger partial charge in [0.05, 0.1) is 20.3 Å². The molecule has 0 aromatic heterocycles. The van der Waals surface area contributed by atoms with Crippen molar-refractivity contribution < 1.29 is 33.3 Å². The molecule has 0 spiro atoms. The van der Waals surface area contributed by atoms with E-state index in [-0.39, 0.29) is 19.1 Å². The number of ether oxygens (including phenoxy) is 5. The molecule has 0 saturated carbocycles. The van der Waals surface area contributed by atoms with Gasteiger partial charge in [0, 0.05) is 11.3 Å². The van der Waals surface area contributed by atoms with Crippen LogP contribution in [0, 0.1) is 5.92 Å². The van der Waals surface area contributed by atoms with Gasteiger partial charge in [-0.2, -0.15) is 0 Å². The van der Waals surface area contributed by atoms with Gasteiger partial charge in [0.15, 0.2) is 11.5 Å². The minimum absolute atomic E-state index is 0.0230. The third-order valence-corrected chi connectivity index (χ3v) is 5.11. The highest BCUT2D eigenvalue weighted by Crippen LogP contribution is 2.38. The molecule has 9 heteroatoms. The standard InChI is InChI=1S/C22H22N2O7/c1-12-19(21(25)29-10-13-4-6-17-18(8-13)31-11-30-17)20(24-22(26)23-12)15-9-14(27-2)5-7-16(15)28-3/h4-9,19-20H,1,10-11H2,2-3H3,(H2,23,24,26). The zero-order valence-corrected chi connectivity index (χ0v) is 17.1. The first-order valence-electron chi connectivity index (χ1n) is 9.53. The molecule has 9 nitrogen and oxygen atoms in total. The maximum atomic E-state index is 13.1. The van der Waals surface area contributed by atoms with Crippen molar-refractivity contribution in [1.29, 1.82) is 0 Å². The molecule has 2 unspecified atom stereocenters. The molecule has 0 bridgehead atoms. The predicted molar refractivity (Wildman–Crippen MR) is 109 cm³/mol. The molecule has 4 rings (SSSR count). The Morgan fingerprint density at radius 3 is 2.71 bits per heavy atom. The molecule has 0 aliphatic carbocycles. The third kappa shape index (κ3) is 4.07. The molecule has 31 heavy (non-hydrogen) atoms. The highest BCUT2D eigenvalue weighted by Gasteiger charge is 2.40. The van der Waals surface area contributed by atoms with Crippen molar-refractivity contribution in [1.82, 2.24) is 10.6 Å². The fourth-order valence-electron chi connectivity index (χ4n) is 3.58. The molecule has 2 atom stereocenters. The molecule has 2 N–H and O–H groups in total. The van der Waals surface area contributed by atoms with E-state index in [1.165, 1.54) is 14.2 Å². The van der Waals surface area contributed by atoms with Crippen molar-refractivity contribution in [2.45, 2.75) is 12.6 Å². The van der Waals surface area contributed by atoms with Gasteiger partial charge in [0.1, 0.15) is 24.0 Å². The highest BCUT2D eigenvalue weighted by atomic mass is 16.7. The molecule has 162 valence electrons. The Balaban J connectivity index is 1.57. The van der Waals surface area contributed by atoms with Crippen LogP contribution in [-0.2, 0) is 16.1 Å². The number of fused-ring (bicyclic) bond motifs is 1. The van der Waals surface area contributed by atoms with Gasteiger partial charge < -0.3 is 34.3 Å². The van der Waals surface area contributed by atoms with E-state index in [0.717, 1.165) is 5.56 Å². The van der Waals surface area contributed by atoms with Crippen molar-refractivity contribution in [3.8, 4) is 23.0 Å². The number of nitrogens with one attached hydrogen (secondary N) is 2. The summed E-state index contributed by atoms with van der Waals surface area (Å²) in [6, 6.07) is 9.23.